The van der Waals surface area contributed by atoms with Crippen LogP contribution in [0.3, 0.4) is 0 Å². The van der Waals surface area contributed by atoms with Gasteiger partial charge in [0, 0.05) is 44.9 Å². The Labute approximate surface area is 239 Å². The summed E-state index contributed by atoms with van der Waals surface area (Å²) in [6.07, 6.45) is 15.2. The summed E-state index contributed by atoms with van der Waals surface area (Å²) in [6.45, 7) is 1.70. The number of nitrogens with zero attached hydrogens (tertiary/aromatic N) is 4. The van der Waals surface area contributed by atoms with Crippen molar-refractivity contribution in [3.8, 4) is 5.75 Å². The van der Waals surface area contributed by atoms with Crippen LogP contribution in [-0.2, 0) is 16.1 Å². The van der Waals surface area contributed by atoms with Gasteiger partial charge < -0.3 is 30.3 Å². The molecule has 1 aromatic rings. The predicted octanol–water partition coefficient (Wildman–Crippen LogP) is 4.33. The van der Waals surface area contributed by atoms with Gasteiger partial charge in [0.15, 0.2) is 12.6 Å². The Bertz CT molecular complexity index is 1000. The summed E-state index contributed by atoms with van der Waals surface area (Å²) in [5, 5.41) is 9.03. The van der Waals surface area contributed by atoms with E-state index in [9.17, 15) is 9.59 Å². The summed E-state index contributed by atoms with van der Waals surface area (Å²) in [4.78, 5) is 36.5. The molecule has 0 atom stereocenters. The van der Waals surface area contributed by atoms with Crippen molar-refractivity contribution in [1.82, 2.24) is 14.7 Å². The molecule has 2 aliphatic carbocycles. The second-order valence-corrected chi connectivity index (χ2v) is 11.7. The van der Waals surface area contributed by atoms with Crippen molar-refractivity contribution in [3.63, 3.8) is 0 Å². The number of fused-ring (bicyclic) bond motifs is 1. The lowest BCUT2D eigenvalue weighted by atomic mass is 9.94. The molecule has 40 heavy (non-hydrogen) atoms. The Hall–Kier alpha value is -2.81. The topological polar surface area (TPSA) is 112 Å². The van der Waals surface area contributed by atoms with Crippen LogP contribution in [0.5, 0.6) is 5.75 Å². The third-order valence-corrected chi connectivity index (χ3v) is 8.82. The SMILES string of the molecule is CN(C(=O)CN1Cc2ccc(OCC(=O)N(CCCCCCO)C3CCCCC3)cc2N=C1N)C1CCCCC1. The lowest BCUT2D eigenvalue weighted by Crippen LogP contribution is -2.48. The Balaban J connectivity index is 1.31. The van der Waals surface area contributed by atoms with E-state index in [2.05, 4.69) is 4.99 Å². The van der Waals surface area contributed by atoms with E-state index in [0.717, 1.165) is 69.2 Å². The summed E-state index contributed by atoms with van der Waals surface area (Å²) >= 11 is 0. The first-order valence-electron chi connectivity index (χ1n) is 15.5. The molecule has 9 nitrogen and oxygen atoms in total. The van der Waals surface area contributed by atoms with Gasteiger partial charge in [0.05, 0.1) is 5.69 Å². The molecule has 1 heterocycles. The number of amides is 2. The third-order valence-electron chi connectivity index (χ3n) is 8.82. The van der Waals surface area contributed by atoms with Gasteiger partial charge in [0.25, 0.3) is 5.91 Å². The van der Waals surface area contributed by atoms with Crippen LogP contribution in [0.2, 0.25) is 0 Å². The van der Waals surface area contributed by atoms with Crippen molar-refractivity contribution >= 4 is 23.5 Å². The molecular formula is C31H49N5O4. The second-order valence-electron chi connectivity index (χ2n) is 11.7. The fourth-order valence-electron chi connectivity index (χ4n) is 6.31. The maximum atomic E-state index is 13.3. The maximum Gasteiger partial charge on any atom is 0.260 e. The van der Waals surface area contributed by atoms with Crippen LogP contribution in [0.25, 0.3) is 0 Å². The number of nitrogens with two attached hydrogens (primary N) is 1. The number of guanidine groups is 1. The van der Waals surface area contributed by atoms with Gasteiger partial charge in [-0.3, -0.25) is 9.59 Å². The van der Waals surface area contributed by atoms with Gasteiger partial charge in [-0.05, 0) is 50.2 Å². The lowest BCUT2D eigenvalue weighted by molar-refractivity contribution is -0.136. The van der Waals surface area contributed by atoms with E-state index in [0.29, 0.717) is 30.3 Å². The average Bonchev–Trinajstić information content (AvgIpc) is 2.98. The Morgan fingerprint density at radius 1 is 0.975 bits per heavy atom. The highest BCUT2D eigenvalue weighted by atomic mass is 16.5. The highest BCUT2D eigenvalue weighted by Crippen LogP contribution is 2.30. The molecule has 0 bridgehead atoms. The first kappa shape index (κ1) is 30.2. The predicted molar refractivity (Wildman–Crippen MR) is 157 cm³/mol. The van der Waals surface area contributed by atoms with Crippen molar-refractivity contribution in [1.29, 1.82) is 0 Å². The molecule has 9 heteroatoms. The van der Waals surface area contributed by atoms with Gasteiger partial charge in [-0.1, -0.05) is 57.4 Å². The van der Waals surface area contributed by atoms with Gasteiger partial charge in [-0.25, -0.2) is 4.99 Å². The summed E-state index contributed by atoms with van der Waals surface area (Å²) in [5.74, 6) is 1.02. The van der Waals surface area contributed by atoms with Crippen LogP contribution >= 0.6 is 0 Å². The van der Waals surface area contributed by atoms with E-state index < -0.39 is 0 Å². The van der Waals surface area contributed by atoms with E-state index in [1.807, 2.05) is 39.9 Å². The minimum absolute atomic E-state index is 0.000743. The Morgan fingerprint density at radius 3 is 2.35 bits per heavy atom. The molecule has 1 aromatic carbocycles. The zero-order valence-corrected chi connectivity index (χ0v) is 24.4. The quantitative estimate of drug-likeness (QED) is 0.351. The fourth-order valence-corrected chi connectivity index (χ4v) is 6.31. The molecule has 2 saturated carbocycles. The number of aliphatic hydroxyl groups excluding tert-OH is 1. The molecule has 0 radical (unpaired) electrons. The van der Waals surface area contributed by atoms with Crippen LogP contribution in [0.15, 0.2) is 23.2 Å². The van der Waals surface area contributed by atoms with E-state index >= 15 is 0 Å². The van der Waals surface area contributed by atoms with E-state index in [4.69, 9.17) is 15.6 Å². The molecule has 0 saturated heterocycles. The van der Waals surface area contributed by atoms with Gasteiger partial charge >= 0.3 is 0 Å². The number of carbonyl (C=O) groups is 2. The van der Waals surface area contributed by atoms with Crippen LogP contribution in [0.4, 0.5) is 5.69 Å². The van der Waals surface area contributed by atoms with E-state index in [1.54, 1.807) is 0 Å². The first-order chi connectivity index (χ1) is 19.5. The number of aliphatic imine (C=N–C) groups is 1. The average molecular weight is 556 g/mol. The molecule has 0 aromatic heterocycles. The smallest absolute Gasteiger partial charge is 0.260 e. The lowest BCUT2D eigenvalue weighted by Gasteiger charge is -2.34. The number of unbranched alkanes of at least 4 members (excludes halogenated alkanes) is 3. The van der Waals surface area contributed by atoms with Crippen LogP contribution in [0, 0.1) is 0 Å². The summed E-state index contributed by atoms with van der Waals surface area (Å²) in [7, 11) is 1.90. The molecule has 2 fully saturated rings. The minimum atomic E-state index is -0.000743. The Morgan fingerprint density at radius 2 is 1.65 bits per heavy atom. The molecule has 222 valence electrons. The highest BCUT2D eigenvalue weighted by Gasteiger charge is 2.27. The second kappa shape index (κ2) is 15.3. The van der Waals surface area contributed by atoms with E-state index in [1.165, 1.54) is 38.5 Å². The molecule has 3 N–H and O–H groups in total. The molecule has 0 spiro atoms. The largest absolute Gasteiger partial charge is 0.484 e. The van der Waals surface area contributed by atoms with Crippen LogP contribution in [0.1, 0.15) is 95.5 Å². The first-order valence-corrected chi connectivity index (χ1v) is 15.5. The summed E-state index contributed by atoms with van der Waals surface area (Å²) in [5.41, 5.74) is 7.98. The standard InChI is InChI=1S/C31H49N5O4/c1-34(25-12-6-4-7-13-25)29(38)22-35-21-24-16-17-27(20-28(24)33-31(35)32)40-23-30(39)36(18-10-2-3-11-19-37)26-14-8-5-9-15-26/h16-17,20,25-26,37H,2-15,18-19,21-23H2,1H3,(H2,32,33). The van der Waals surface area contributed by atoms with Gasteiger partial charge in [-0.15, -0.1) is 0 Å². The van der Waals surface area contributed by atoms with Crippen molar-refractivity contribution in [2.75, 3.05) is 33.4 Å². The number of aliphatic hydroxyl groups is 1. The molecule has 3 aliphatic rings. The highest BCUT2D eigenvalue weighted by molar-refractivity contribution is 5.88. The third kappa shape index (κ3) is 8.35. The monoisotopic (exact) mass is 555 g/mol. The van der Waals surface area contributed by atoms with Crippen molar-refractivity contribution in [2.45, 2.75) is 109 Å². The number of ether oxygens (including phenoxy) is 1. The molecule has 0 unspecified atom stereocenters. The van der Waals surface area contributed by atoms with Gasteiger partial charge in [0.1, 0.15) is 12.3 Å². The number of hydrogen-bond acceptors (Lipinski definition) is 7. The number of benzene rings is 1. The van der Waals surface area contributed by atoms with Crippen LogP contribution < -0.4 is 10.5 Å². The number of hydrogen-bond donors (Lipinski definition) is 2. The molecular weight excluding hydrogens is 506 g/mol. The molecule has 4 rings (SSSR count). The van der Waals surface area contributed by atoms with Crippen LogP contribution in [-0.4, -0.2) is 83.0 Å². The summed E-state index contributed by atoms with van der Waals surface area (Å²) < 4.78 is 5.97. The summed E-state index contributed by atoms with van der Waals surface area (Å²) in [6, 6.07) is 6.27. The van der Waals surface area contributed by atoms with E-state index in [-0.39, 0.29) is 31.6 Å². The Kier molecular flexibility index (Phi) is 11.5. The number of rotatable bonds is 13. The maximum absolute atomic E-state index is 13.3. The number of likely N-dealkylation sites (N-methyl/N-ethyl adjacent to an activating group) is 1. The molecule has 1 aliphatic heterocycles. The normalized spacial score (nSPS) is 18.1. The van der Waals surface area contributed by atoms with Gasteiger partial charge in [0.2, 0.25) is 5.91 Å². The zero-order valence-electron chi connectivity index (χ0n) is 24.4. The molecule has 2 amide bonds. The van der Waals surface area contributed by atoms with Crippen molar-refractivity contribution in [3.05, 3.63) is 23.8 Å². The van der Waals surface area contributed by atoms with Crippen molar-refractivity contribution < 1.29 is 19.4 Å². The minimum Gasteiger partial charge on any atom is -0.484 e. The zero-order chi connectivity index (χ0) is 28.3. The number of carbonyl (C=O) groups excluding carboxylic acids is 2. The van der Waals surface area contributed by atoms with Crippen molar-refractivity contribution in [2.24, 2.45) is 10.7 Å². The van der Waals surface area contributed by atoms with Gasteiger partial charge in [-0.2, -0.15) is 0 Å². The fraction of sp³-hybridized carbons (Fsp3) is 0.710.